The molecule has 0 aliphatic heterocycles. The molecule has 0 bridgehead atoms. The van der Waals surface area contributed by atoms with Crippen LogP contribution in [0.3, 0.4) is 0 Å². The number of rotatable bonds is 3. The minimum atomic E-state index is -4.81. The molecular formula is C14H12F3NO3S. The zero-order valence-corrected chi connectivity index (χ0v) is 12.2. The second-order valence-electron chi connectivity index (χ2n) is 4.57. The Labute approximate surface area is 125 Å². The lowest BCUT2D eigenvalue weighted by atomic mass is 10.2. The molecule has 0 spiro atoms. The molecule has 0 amide bonds. The molecule has 22 heavy (non-hydrogen) atoms. The Morgan fingerprint density at radius 1 is 1.05 bits per heavy atom. The van der Waals surface area contributed by atoms with Crippen LogP contribution in [-0.4, -0.2) is 13.5 Å². The van der Waals surface area contributed by atoms with Crippen LogP contribution in [0.5, 0.6) is 5.75 Å². The van der Waals surface area contributed by atoms with Gasteiger partial charge in [-0.2, -0.15) is 13.2 Å². The van der Waals surface area contributed by atoms with Crippen molar-refractivity contribution < 1.29 is 26.7 Å². The smallest absolute Gasteiger partial charge is 0.417 e. The van der Waals surface area contributed by atoms with Gasteiger partial charge in [0.2, 0.25) is 0 Å². The predicted octanol–water partition coefficient (Wildman–Crippen LogP) is 3.52. The molecule has 8 heteroatoms. The van der Waals surface area contributed by atoms with Gasteiger partial charge in [0, 0.05) is 0 Å². The van der Waals surface area contributed by atoms with Gasteiger partial charge in [0.1, 0.15) is 5.75 Å². The van der Waals surface area contributed by atoms with Gasteiger partial charge in [-0.25, -0.2) is 8.42 Å². The zero-order chi connectivity index (χ0) is 16.5. The van der Waals surface area contributed by atoms with E-state index in [9.17, 15) is 26.7 Å². The number of benzene rings is 2. The molecule has 0 unspecified atom stereocenters. The number of phenols is 1. The standard InChI is InChI=1S/C14H12F3NO3S/c1-9-5-4-7-11(19)13(9)18-22(20,21)12-8-3-2-6-10(12)14(15,16)17/h2-8,18-19H,1H3. The fourth-order valence-electron chi connectivity index (χ4n) is 1.91. The largest absolute Gasteiger partial charge is 0.506 e. The molecule has 0 aliphatic carbocycles. The number of hydrogen-bond acceptors (Lipinski definition) is 3. The third-order valence-electron chi connectivity index (χ3n) is 2.97. The van der Waals surface area contributed by atoms with Gasteiger partial charge in [-0.3, -0.25) is 4.72 Å². The number of alkyl halides is 3. The average Bonchev–Trinajstić information content (AvgIpc) is 2.42. The van der Waals surface area contributed by atoms with Crippen LogP contribution >= 0.6 is 0 Å². The molecule has 2 aromatic carbocycles. The van der Waals surface area contributed by atoms with E-state index in [1.807, 2.05) is 4.72 Å². The van der Waals surface area contributed by atoms with Crippen LogP contribution in [0.4, 0.5) is 18.9 Å². The highest BCUT2D eigenvalue weighted by molar-refractivity contribution is 7.92. The van der Waals surface area contributed by atoms with Gasteiger partial charge < -0.3 is 5.11 Å². The Kier molecular flexibility index (Phi) is 4.06. The van der Waals surface area contributed by atoms with E-state index in [0.717, 1.165) is 12.1 Å². The summed E-state index contributed by atoms with van der Waals surface area (Å²) in [6, 6.07) is 8.10. The van der Waals surface area contributed by atoms with Crippen LogP contribution in [0.15, 0.2) is 47.4 Å². The summed E-state index contributed by atoms with van der Waals surface area (Å²) >= 11 is 0. The summed E-state index contributed by atoms with van der Waals surface area (Å²) in [4.78, 5) is -0.898. The molecule has 2 N–H and O–H groups in total. The first-order valence-electron chi connectivity index (χ1n) is 6.10. The Hall–Kier alpha value is -2.22. The molecule has 118 valence electrons. The van der Waals surface area contributed by atoms with E-state index in [0.29, 0.717) is 11.6 Å². The van der Waals surface area contributed by atoms with E-state index in [1.54, 1.807) is 0 Å². The van der Waals surface area contributed by atoms with Crippen LogP contribution in [0.25, 0.3) is 0 Å². The van der Waals surface area contributed by atoms with Crippen molar-refractivity contribution >= 4 is 15.7 Å². The third kappa shape index (κ3) is 3.16. The number of halogens is 3. The number of aryl methyl sites for hydroxylation is 1. The van der Waals surface area contributed by atoms with Crippen LogP contribution in [-0.2, 0) is 16.2 Å². The SMILES string of the molecule is Cc1cccc(O)c1NS(=O)(=O)c1ccccc1C(F)(F)F. The molecule has 2 rings (SSSR count). The van der Waals surface area contributed by atoms with Crippen molar-refractivity contribution in [3.05, 3.63) is 53.6 Å². The van der Waals surface area contributed by atoms with E-state index < -0.39 is 26.7 Å². The van der Waals surface area contributed by atoms with E-state index in [4.69, 9.17) is 0 Å². The van der Waals surface area contributed by atoms with Crippen molar-refractivity contribution in [2.24, 2.45) is 0 Å². The molecule has 0 aromatic heterocycles. The van der Waals surface area contributed by atoms with Crippen molar-refractivity contribution in [1.29, 1.82) is 0 Å². The summed E-state index contributed by atoms with van der Waals surface area (Å²) in [5, 5.41) is 9.68. The van der Waals surface area contributed by atoms with Crippen LogP contribution < -0.4 is 4.72 Å². The van der Waals surface area contributed by atoms with E-state index >= 15 is 0 Å². The lowest BCUT2D eigenvalue weighted by Crippen LogP contribution is -2.19. The fourth-order valence-corrected chi connectivity index (χ4v) is 3.28. The van der Waals surface area contributed by atoms with E-state index in [-0.39, 0.29) is 11.4 Å². The molecule has 0 aliphatic rings. The molecule has 4 nitrogen and oxygen atoms in total. The highest BCUT2D eigenvalue weighted by Crippen LogP contribution is 2.36. The maximum absolute atomic E-state index is 12.9. The van der Waals surface area contributed by atoms with Gasteiger partial charge in [0.05, 0.1) is 16.1 Å². The summed E-state index contributed by atoms with van der Waals surface area (Å²) < 4.78 is 65.3. The molecule has 0 fully saturated rings. The fraction of sp³-hybridized carbons (Fsp3) is 0.143. The number of aromatic hydroxyl groups is 1. The summed E-state index contributed by atoms with van der Waals surface area (Å²) in [6.07, 6.45) is -4.81. The molecule has 0 atom stereocenters. The van der Waals surface area contributed by atoms with Crippen molar-refractivity contribution in [2.75, 3.05) is 4.72 Å². The molecule has 0 radical (unpaired) electrons. The predicted molar refractivity (Wildman–Crippen MR) is 75.1 cm³/mol. The number of para-hydroxylation sites is 1. The number of sulfonamides is 1. The summed E-state index contributed by atoms with van der Waals surface area (Å²) in [6.45, 7) is 1.52. The first kappa shape index (κ1) is 16.2. The normalized spacial score (nSPS) is 12.2. The van der Waals surface area contributed by atoms with Gasteiger partial charge >= 0.3 is 6.18 Å². The maximum Gasteiger partial charge on any atom is 0.417 e. The van der Waals surface area contributed by atoms with Crippen molar-refractivity contribution in [1.82, 2.24) is 0 Å². The minimum absolute atomic E-state index is 0.153. The average molecular weight is 331 g/mol. The van der Waals surface area contributed by atoms with Crippen molar-refractivity contribution in [3.8, 4) is 5.75 Å². The van der Waals surface area contributed by atoms with Gasteiger partial charge in [0.15, 0.2) is 0 Å². The van der Waals surface area contributed by atoms with Gasteiger partial charge in [-0.1, -0.05) is 24.3 Å². The second-order valence-corrected chi connectivity index (χ2v) is 6.22. The highest BCUT2D eigenvalue weighted by Gasteiger charge is 2.37. The van der Waals surface area contributed by atoms with E-state index in [2.05, 4.69) is 0 Å². The van der Waals surface area contributed by atoms with Crippen molar-refractivity contribution in [3.63, 3.8) is 0 Å². The zero-order valence-electron chi connectivity index (χ0n) is 11.3. The third-order valence-corrected chi connectivity index (χ3v) is 4.38. The molecular weight excluding hydrogens is 319 g/mol. The number of hydrogen-bond donors (Lipinski definition) is 2. The minimum Gasteiger partial charge on any atom is -0.506 e. The first-order chi connectivity index (χ1) is 10.1. The van der Waals surface area contributed by atoms with Gasteiger partial charge in [-0.05, 0) is 30.7 Å². The lowest BCUT2D eigenvalue weighted by molar-refractivity contribution is -0.139. The van der Waals surface area contributed by atoms with Crippen LogP contribution in [0, 0.1) is 6.92 Å². The first-order valence-corrected chi connectivity index (χ1v) is 7.59. The quantitative estimate of drug-likeness (QED) is 0.846. The summed E-state index contributed by atoms with van der Waals surface area (Å²) in [5.41, 5.74) is -1.04. The topological polar surface area (TPSA) is 66.4 Å². The molecule has 0 heterocycles. The Bertz CT molecular complexity index is 781. The molecule has 2 aromatic rings. The second kappa shape index (κ2) is 5.53. The molecule has 0 saturated carbocycles. The summed E-state index contributed by atoms with van der Waals surface area (Å²) in [5.74, 6) is -0.368. The molecule has 0 saturated heterocycles. The Morgan fingerprint density at radius 2 is 1.68 bits per heavy atom. The monoisotopic (exact) mass is 331 g/mol. The van der Waals surface area contributed by atoms with Crippen molar-refractivity contribution in [2.45, 2.75) is 18.0 Å². The van der Waals surface area contributed by atoms with E-state index in [1.165, 1.54) is 31.2 Å². The van der Waals surface area contributed by atoms with Crippen LogP contribution in [0.2, 0.25) is 0 Å². The summed E-state index contributed by atoms with van der Waals surface area (Å²) in [7, 11) is -4.50. The van der Waals surface area contributed by atoms with Gasteiger partial charge in [-0.15, -0.1) is 0 Å². The Morgan fingerprint density at radius 3 is 2.27 bits per heavy atom. The number of nitrogens with one attached hydrogen (secondary N) is 1. The van der Waals surface area contributed by atoms with Crippen LogP contribution in [0.1, 0.15) is 11.1 Å². The Balaban J connectivity index is 2.54. The number of phenolic OH excluding ortho intramolecular Hbond substituents is 1. The lowest BCUT2D eigenvalue weighted by Gasteiger charge is -2.16. The maximum atomic E-state index is 12.9. The van der Waals surface area contributed by atoms with Gasteiger partial charge in [0.25, 0.3) is 10.0 Å². The number of anilines is 1. The highest BCUT2D eigenvalue weighted by atomic mass is 32.2.